The minimum absolute atomic E-state index is 0.336. The molecule has 0 saturated heterocycles. The van der Waals surface area contributed by atoms with E-state index in [0.717, 1.165) is 11.1 Å². The van der Waals surface area contributed by atoms with Crippen molar-refractivity contribution in [2.24, 2.45) is 0 Å². The molecule has 1 aromatic heterocycles. The lowest BCUT2D eigenvalue weighted by atomic mass is 10.2. The van der Waals surface area contributed by atoms with Crippen molar-refractivity contribution in [3.8, 4) is 0 Å². The fraction of sp³-hybridized carbons (Fsp3) is 0.263. The molecule has 0 bridgehead atoms. The molecule has 0 unspecified atom stereocenters. The number of esters is 1. The maximum absolute atomic E-state index is 12.3. The van der Waals surface area contributed by atoms with Gasteiger partial charge in [-0.25, -0.2) is 9.48 Å². The average Bonchev–Trinajstić information content (AvgIpc) is 3.09. The molecule has 0 aliphatic carbocycles. The molecule has 1 amide bonds. The van der Waals surface area contributed by atoms with E-state index in [9.17, 15) is 9.59 Å². The minimum Gasteiger partial charge on any atom is -0.449 e. The van der Waals surface area contributed by atoms with E-state index in [4.69, 9.17) is 4.74 Å². The molecule has 0 aliphatic heterocycles. The largest absolute Gasteiger partial charge is 0.449 e. The van der Waals surface area contributed by atoms with E-state index >= 15 is 0 Å². The van der Waals surface area contributed by atoms with Crippen LogP contribution in [0.3, 0.4) is 0 Å². The third kappa shape index (κ3) is 3.88. The number of amides is 1. The first kappa shape index (κ1) is 17.6. The minimum atomic E-state index is -0.895. The summed E-state index contributed by atoms with van der Waals surface area (Å²) in [5, 5.41) is 10.8. The molecule has 26 heavy (non-hydrogen) atoms. The van der Waals surface area contributed by atoms with Crippen LogP contribution in [0.1, 0.15) is 29.8 Å². The second-order valence-corrected chi connectivity index (χ2v) is 5.86. The lowest BCUT2D eigenvalue weighted by molar-refractivity contribution is -0.129. The highest BCUT2D eigenvalue weighted by Gasteiger charge is 2.19. The van der Waals surface area contributed by atoms with Gasteiger partial charge in [-0.1, -0.05) is 35.5 Å². The molecule has 2 aromatic carbocycles. The van der Waals surface area contributed by atoms with Gasteiger partial charge in [0.1, 0.15) is 5.52 Å². The first-order valence-electron chi connectivity index (χ1n) is 8.44. The van der Waals surface area contributed by atoms with Gasteiger partial charge < -0.3 is 10.1 Å². The van der Waals surface area contributed by atoms with E-state index in [0.29, 0.717) is 24.2 Å². The SMILES string of the molecule is CCn1nnc2cc(C(=O)O[C@@H](C)C(=O)NCc3ccccc3)ccc21. The summed E-state index contributed by atoms with van der Waals surface area (Å²) in [4.78, 5) is 24.4. The molecule has 3 rings (SSSR count). The Morgan fingerprint density at radius 2 is 1.96 bits per heavy atom. The van der Waals surface area contributed by atoms with Crippen LogP contribution in [0.25, 0.3) is 11.0 Å². The number of aryl methyl sites for hydroxylation is 1. The van der Waals surface area contributed by atoms with Gasteiger partial charge in [-0.2, -0.15) is 0 Å². The molecule has 0 radical (unpaired) electrons. The number of hydrogen-bond acceptors (Lipinski definition) is 5. The first-order valence-corrected chi connectivity index (χ1v) is 8.44. The number of nitrogens with one attached hydrogen (secondary N) is 1. The van der Waals surface area contributed by atoms with Gasteiger partial charge in [0.05, 0.1) is 11.1 Å². The highest BCUT2D eigenvalue weighted by atomic mass is 16.5. The number of rotatable bonds is 6. The molecule has 1 atom stereocenters. The van der Waals surface area contributed by atoms with Crippen molar-refractivity contribution in [1.29, 1.82) is 0 Å². The quantitative estimate of drug-likeness (QED) is 0.688. The second-order valence-electron chi connectivity index (χ2n) is 5.86. The molecule has 0 spiro atoms. The third-order valence-electron chi connectivity index (χ3n) is 4.01. The lowest BCUT2D eigenvalue weighted by Crippen LogP contribution is -2.35. The van der Waals surface area contributed by atoms with Crippen LogP contribution in [0, 0.1) is 0 Å². The van der Waals surface area contributed by atoms with Gasteiger partial charge in [0.2, 0.25) is 0 Å². The van der Waals surface area contributed by atoms with Crippen LogP contribution < -0.4 is 5.32 Å². The zero-order valence-electron chi connectivity index (χ0n) is 14.7. The van der Waals surface area contributed by atoms with E-state index in [1.165, 1.54) is 0 Å². The molecule has 1 heterocycles. The van der Waals surface area contributed by atoms with Gasteiger partial charge in [0.25, 0.3) is 5.91 Å². The number of hydrogen-bond donors (Lipinski definition) is 1. The molecule has 1 N–H and O–H groups in total. The Labute approximate surface area is 151 Å². The van der Waals surface area contributed by atoms with Crippen molar-refractivity contribution in [2.75, 3.05) is 0 Å². The zero-order chi connectivity index (χ0) is 18.5. The van der Waals surface area contributed by atoms with Crippen LogP contribution in [0.15, 0.2) is 48.5 Å². The van der Waals surface area contributed by atoms with Crippen LogP contribution in [0.4, 0.5) is 0 Å². The molecule has 0 saturated carbocycles. The molecular formula is C19H20N4O3. The molecule has 134 valence electrons. The van der Waals surface area contributed by atoms with Crippen LogP contribution in [-0.4, -0.2) is 33.0 Å². The Morgan fingerprint density at radius 3 is 2.69 bits per heavy atom. The Morgan fingerprint density at radius 1 is 1.19 bits per heavy atom. The molecular weight excluding hydrogens is 332 g/mol. The summed E-state index contributed by atoms with van der Waals surface area (Å²) in [5.74, 6) is -0.916. The fourth-order valence-corrected chi connectivity index (χ4v) is 2.54. The lowest BCUT2D eigenvalue weighted by Gasteiger charge is -2.13. The van der Waals surface area contributed by atoms with E-state index in [2.05, 4.69) is 15.6 Å². The predicted octanol–water partition coefficient (Wildman–Crippen LogP) is 2.31. The fourth-order valence-electron chi connectivity index (χ4n) is 2.54. The van der Waals surface area contributed by atoms with Gasteiger partial charge in [0.15, 0.2) is 6.10 Å². The number of fused-ring (bicyclic) bond motifs is 1. The number of carbonyl (C=O) groups is 2. The number of aromatic nitrogens is 3. The van der Waals surface area contributed by atoms with Crippen LogP contribution >= 0.6 is 0 Å². The topological polar surface area (TPSA) is 86.1 Å². The van der Waals surface area contributed by atoms with Crippen molar-refractivity contribution in [2.45, 2.75) is 33.0 Å². The monoisotopic (exact) mass is 352 g/mol. The number of benzene rings is 2. The van der Waals surface area contributed by atoms with Gasteiger partial charge >= 0.3 is 5.97 Å². The van der Waals surface area contributed by atoms with Gasteiger partial charge in [-0.05, 0) is 37.6 Å². The molecule has 0 aliphatic rings. The summed E-state index contributed by atoms with van der Waals surface area (Å²) < 4.78 is 7.00. The summed E-state index contributed by atoms with van der Waals surface area (Å²) in [6, 6.07) is 14.6. The van der Waals surface area contributed by atoms with Gasteiger partial charge in [-0.15, -0.1) is 5.10 Å². The molecule has 0 fully saturated rings. The predicted molar refractivity (Wildman–Crippen MR) is 96.4 cm³/mol. The molecule has 7 heteroatoms. The zero-order valence-corrected chi connectivity index (χ0v) is 14.7. The maximum atomic E-state index is 12.3. The van der Waals surface area contributed by atoms with Gasteiger partial charge in [0, 0.05) is 13.1 Å². The second kappa shape index (κ2) is 7.77. The standard InChI is InChI=1S/C19H20N4O3/c1-3-23-17-10-9-15(11-16(17)21-22-23)19(25)26-13(2)18(24)20-12-14-7-5-4-6-8-14/h4-11,13H,3,12H2,1-2H3,(H,20,24)/t13-/m0/s1. The summed E-state index contributed by atoms with van der Waals surface area (Å²) in [6.07, 6.45) is -0.895. The first-order chi connectivity index (χ1) is 12.6. The van der Waals surface area contributed by atoms with Crippen molar-refractivity contribution in [3.63, 3.8) is 0 Å². The number of ether oxygens (including phenoxy) is 1. The van der Waals surface area contributed by atoms with E-state index in [1.54, 1.807) is 29.8 Å². The van der Waals surface area contributed by atoms with Crippen molar-refractivity contribution >= 4 is 22.9 Å². The number of carbonyl (C=O) groups excluding carboxylic acids is 2. The van der Waals surface area contributed by atoms with Crippen molar-refractivity contribution < 1.29 is 14.3 Å². The Balaban J connectivity index is 1.60. The van der Waals surface area contributed by atoms with Crippen LogP contribution in [0.5, 0.6) is 0 Å². The van der Waals surface area contributed by atoms with Gasteiger partial charge in [-0.3, -0.25) is 4.79 Å². The summed E-state index contributed by atoms with van der Waals surface area (Å²) in [6.45, 7) is 4.59. The summed E-state index contributed by atoms with van der Waals surface area (Å²) in [5.41, 5.74) is 2.77. The van der Waals surface area contributed by atoms with Crippen LogP contribution in [0.2, 0.25) is 0 Å². The van der Waals surface area contributed by atoms with E-state index in [1.807, 2.05) is 37.3 Å². The summed E-state index contributed by atoms with van der Waals surface area (Å²) in [7, 11) is 0. The summed E-state index contributed by atoms with van der Waals surface area (Å²) >= 11 is 0. The Bertz CT molecular complexity index is 921. The highest BCUT2D eigenvalue weighted by molar-refractivity contribution is 5.95. The Kier molecular flexibility index (Phi) is 5.26. The molecule has 7 nitrogen and oxygen atoms in total. The molecule has 3 aromatic rings. The van der Waals surface area contributed by atoms with Crippen LogP contribution in [-0.2, 0) is 22.6 Å². The normalized spacial score (nSPS) is 11.9. The smallest absolute Gasteiger partial charge is 0.338 e. The van der Waals surface area contributed by atoms with Crippen molar-refractivity contribution in [1.82, 2.24) is 20.3 Å². The average molecular weight is 352 g/mol. The number of nitrogens with zero attached hydrogens (tertiary/aromatic N) is 3. The maximum Gasteiger partial charge on any atom is 0.338 e. The highest BCUT2D eigenvalue weighted by Crippen LogP contribution is 2.15. The third-order valence-corrected chi connectivity index (χ3v) is 4.01. The van der Waals surface area contributed by atoms with E-state index in [-0.39, 0.29) is 5.91 Å². The van der Waals surface area contributed by atoms with Crippen molar-refractivity contribution in [3.05, 3.63) is 59.7 Å². The van der Waals surface area contributed by atoms with E-state index < -0.39 is 12.1 Å². The Hall–Kier alpha value is -3.22.